The van der Waals surface area contributed by atoms with E-state index in [-0.39, 0.29) is 11.7 Å². The molecule has 0 aliphatic heterocycles. The van der Waals surface area contributed by atoms with Crippen molar-refractivity contribution in [1.82, 2.24) is 4.98 Å². The van der Waals surface area contributed by atoms with E-state index in [2.05, 4.69) is 15.6 Å². The van der Waals surface area contributed by atoms with Crippen molar-refractivity contribution in [3.8, 4) is 11.5 Å². The molecule has 0 fully saturated rings. The number of anilines is 3. The molecule has 0 bridgehead atoms. The Balaban J connectivity index is 1.68. The second-order valence-electron chi connectivity index (χ2n) is 5.59. The Bertz CT molecular complexity index is 928. The minimum Gasteiger partial charge on any atom is -0.493 e. The first-order valence-corrected chi connectivity index (χ1v) is 8.11. The van der Waals surface area contributed by atoms with Crippen LogP contribution in [0.2, 0.25) is 0 Å². The summed E-state index contributed by atoms with van der Waals surface area (Å²) in [4.78, 5) is 16.5. The van der Waals surface area contributed by atoms with Gasteiger partial charge in [0.2, 0.25) is 0 Å². The third kappa shape index (κ3) is 4.52. The number of nitrogens with one attached hydrogen (secondary N) is 2. The monoisotopic (exact) mass is 367 g/mol. The lowest BCUT2D eigenvalue weighted by Gasteiger charge is -2.11. The molecule has 2 aromatic carbocycles. The first-order valence-electron chi connectivity index (χ1n) is 8.11. The van der Waals surface area contributed by atoms with Crippen LogP contribution in [0.5, 0.6) is 11.5 Å². The van der Waals surface area contributed by atoms with E-state index in [4.69, 9.17) is 9.47 Å². The largest absolute Gasteiger partial charge is 0.493 e. The molecule has 1 amide bonds. The number of amides is 1. The summed E-state index contributed by atoms with van der Waals surface area (Å²) in [5.41, 5.74) is 1.66. The first-order chi connectivity index (χ1) is 13.1. The number of carbonyl (C=O) groups is 1. The Kier molecular flexibility index (Phi) is 5.51. The van der Waals surface area contributed by atoms with E-state index >= 15 is 0 Å². The van der Waals surface area contributed by atoms with E-state index < -0.39 is 0 Å². The number of methoxy groups -OCH3 is 2. The van der Waals surface area contributed by atoms with E-state index in [0.717, 1.165) is 5.69 Å². The normalized spacial score (nSPS) is 10.2. The molecule has 3 rings (SSSR count). The molecule has 0 saturated carbocycles. The summed E-state index contributed by atoms with van der Waals surface area (Å²) in [6, 6.07) is 14.3. The fourth-order valence-corrected chi connectivity index (χ4v) is 2.40. The van der Waals surface area contributed by atoms with Gasteiger partial charge >= 0.3 is 0 Å². The molecular formula is C20H18FN3O3. The highest BCUT2D eigenvalue weighted by Crippen LogP contribution is 2.30. The SMILES string of the molecule is COc1ccc(Nc2ccc(C(=O)Nc3ccc(F)cc3)cn2)cc1OC. The number of carbonyl (C=O) groups excluding carboxylic acids is 1. The van der Waals surface area contributed by atoms with E-state index in [1.54, 1.807) is 38.5 Å². The summed E-state index contributed by atoms with van der Waals surface area (Å²) < 4.78 is 23.4. The van der Waals surface area contributed by atoms with Crippen molar-refractivity contribution in [2.45, 2.75) is 0 Å². The Morgan fingerprint density at radius 1 is 0.926 bits per heavy atom. The van der Waals surface area contributed by atoms with Gasteiger partial charge in [-0.3, -0.25) is 4.79 Å². The molecule has 138 valence electrons. The lowest BCUT2D eigenvalue weighted by Crippen LogP contribution is -2.12. The average molecular weight is 367 g/mol. The molecule has 7 heteroatoms. The van der Waals surface area contributed by atoms with Crippen LogP contribution in [-0.4, -0.2) is 25.1 Å². The average Bonchev–Trinajstić information content (AvgIpc) is 2.70. The van der Waals surface area contributed by atoms with Gasteiger partial charge in [0.25, 0.3) is 5.91 Å². The van der Waals surface area contributed by atoms with E-state index in [9.17, 15) is 9.18 Å². The summed E-state index contributed by atoms with van der Waals surface area (Å²) in [6.45, 7) is 0. The van der Waals surface area contributed by atoms with Gasteiger partial charge in [0, 0.05) is 23.6 Å². The number of ether oxygens (including phenoxy) is 2. The topological polar surface area (TPSA) is 72.5 Å². The van der Waals surface area contributed by atoms with E-state index in [0.29, 0.717) is 28.6 Å². The zero-order chi connectivity index (χ0) is 19.2. The second kappa shape index (κ2) is 8.18. The molecule has 1 heterocycles. The number of hydrogen-bond acceptors (Lipinski definition) is 5. The van der Waals surface area contributed by atoms with Gasteiger partial charge in [-0.25, -0.2) is 9.37 Å². The van der Waals surface area contributed by atoms with Crippen LogP contribution in [0.25, 0.3) is 0 Å². The standard InChI is InChI=1S/C20H18FN3O3/c1-26-17-9-8-16(11-18(17)27-2)23-19-10-3-13(12-22-19)20(25)24-15-6-4-14(21)5-7-15/h3-12H,1-2H3,(H,22,23)(H,24,25). The minimum atomic E-state index is -0.361. The van der Waals surface area contributed by atoms with Gasteiger partial charge in [0.1, 0.15) is 11.6 Å². The van der Waals surface area contributed by atoms with Crippen molar-refractivity contribution in [1.29, 1.82) is 0 Å². The molecule has 3 aromatic rings. The molecule has 27 heavy (non-hydrogen) atoms. The Morgan fingerprint density at radius 3 is 2.26 bits per heavy atom. The third-order valence-electron chi connectivity index (χ3n) is 3.78. The Morgan fingerprint density at radius 2 is 1.63 bits per heavy atom. The summed E-state index contributed by atoms with van der Waals surface area (Å²) in [5, 5.41) is 5.82. The quantitative estimate of drug-likeness (QED) is 0.682. The lowest BCUT2D eigenvalue weighted by atomic mass is 10.2. The van der Waals surface area contributed by atoms with E-state index in [1.807, 2.05) is 6.07 Å². The molecule has 0 spiro atoms. The highest BCUT2D eigenvalue weighted by Gasteiger charge is 2.08. The molecule has 0 radical (unpaired) electrons. The van der Waals surface area contributed by atoms with E-state index in [1.165, 1.54) is 30.5 Å². The van der Waals surface area contributed by atoms with Crippen molar-refractivity contribution >= 4 is 23.1 Å². The van der Waals surface area contributed by atoms with Gasteiger partial charge in [-0.05, 0) is 48.5 Å². The number of aromatic nitrogens is 1. The van der Waals surface area contributed by atoms with Gasteiger partial charge in [-0.1, -0.05) is 0 Å². The molecular weight excluding hydrogens is 349 g/mol. The van der Waals surface area contributed by atoms with Gasteiger partial charge < -0.3 is 20.1 Å². The number of rotatable bonds is 6. The van der Waals surface area contributed by atoms with Gasteiger partial charge in [0.15, 0.2) is 11.5 Å². The van der Waals surface area contributed by atoms with Crippen LogP contribution >= 0.6 is 0 Å². The number of halogens is 1. The van der Waals surface area contributed by atoms with Crippen LogP contribution in [0.4, 0.5) is 21.6 Å². The van der Waals surface area contributed by atoms with Gasteiger partial charge in [0.05, 0.1) is 19.8 Å². The minimum absolute atomic E-state index is 0.327. The predicted molar refractivity (Wildman–Crippen MR) is 101 cm³/mol. The maximum Gasteiger partial charge on any atom is 0.257 e. The van der Waals surface area contributed by atoms with Gasteiger partial charge in [-0.2, -0.15) is 0 Å². The molecule has 0 aliphatic carbocycles. The first kappa shape index (κ1) is 18.2. The zero-order valence-corrected chi connectivity index (χ0v) is 14.8. The van der Waals surface area contributed by atoms with Crippen LogP contribution in [0.1, 0.15) is 10.4 Å². The maximum atomic E-state index is 12.9. The van der Waals surface area contributed by atoms with Crippen molar-refractivity contribution < 1.29 is 18.7 Å². The summed E-state index contributed by atoms with van der Waals surface area (Å²) >= 11 is 0. The lowest BCUT2D eigenvalue weighted by molar-refractivity contribution is 0.102. The molecule has 2 N–H and O–H groups in total. The second-order valence-corrected chi connectivity index (χ2v) is 5.59. The van der Waals surface area contributed by atoms with Crippen molar-refractivity contribution in [3.05, 3.63) is 72.2 Å². The molecule has 0 unspecified atom stereocenters. The van der Waals surface area contributed by atoms with Crippen LogP contribution in [0.15, 0.2) is 60.8 Å². The molecule has 0 saturated heterocycles. The summed E-state index contributed by atoms with van der Waals surface area (Å²) in [7, 11) is 3.14. The number of pyridine rings is 1. The van der Waals surface area contributed by atoms with Crippen LogP contribution in [0.3, 0.4) is 0 Å². The van der Waals surface area contributed by atoms with Gasteiger partial charge in [-0.15, -0.1) is 0 Å². The summed E-state index contributed by atoms with van der Waals surface area (Å²) in [6.07, 6.45) is 1.46. The molecule has 0 atom stereocenters. The highest BCUT2D eigenvalue weighted by molar-refractivity contribution is 6.04. The summed E-state index contributed by atoms with van der Waals surface area (Å²) in [5.74, 6) is 1.11. The predicted octanol–water partition coefficient (Wildman–Crippen LogP) is 4.23. The van der Waals surface area contributed by atoms with Crippen LogP contribution < -0.4 is 20.1 Å². The van der Waals surface area contributed by atoms with Crippen LogP contribution in [0, 0.1) is 5.82 Å². The third-order valence-corrected chi connectivity index (χ3v) is 3.78. The number of hydrogen-bond donors (Lipinski definition) is 2. The maximum absolute atomic E-state index is 12.9. The molecule has 0 aliphatic rings. The molecule has 1 aromatic heterocycles. The fourth-order valence-electron chi connectivity index (χ4n) is 2.40. The van der Waals surface area contributed by atoms with Crippen molar-refractivity contribution in [3.63, 3.8) is 0 Å². The fraction of sp³-hybridized carbons (Fsp3) is 0.100. The van der Waals surface area contributed by atoms with Crippen molar-refractivity contribution in [2.75, 3.05) is 24.9 Å². The highest BCUT2D eigenvalue weighted by atomic mass is 19.1. The molecule has 6 nitrogen and oxygen atoms in total. The Labute approximate surface area is 156 Å². The smallest absolute Gasteiger partial charge is 0.257 e. The zero-order valence-electron chi connectivity index (χ0n) is 14.8. The number of nitrogens with zero attached hydrogens (tertiary/aromatic N) is 1. The van der Waals surface area contributed by atoms with Crippen molar-refractivity contribution in [2.24, 2.45) is 0 Å². The number of benzene rings is 2. The van der Waals surface area contributed by atoms with Crippen LogP contribution in [-0.2, 0) is 0 Å². The Hall–Kier alpha value is -3.61.